The number of ether oxygens (including phenoxy) is 2. The van der Waals surface area contributed by atoms with Crippen molar-refractivity contribution in [3.63, 3.8) is 0 Å². The second kappa shape index (κ2) is 11.5. The van der Waals surface area contributed by atoms with E-state index in [1.165, 1.54) is 5.57 Å². The van der Waals surface area contributed by atoms with Crippen molar-refractivity contribution in [1.82, 2.24) is 0 Å². The maximum absolute atomic E-state index is 13.8. The predicted octanol–water partition coefficient (Wildman–Crippen LogP) is 7.99. The lowest BCUT2D eigenvalue weighted by Crippen LogP contribution is -2.67. The molecule has 5 saturated carbocycles. The third-order valence-electron chi connectivity index (χ3n) is 14.7. The number of fused-ring (bicyclic) bond motifs is 7. The lowest BCUT2D eigenvalue weighted by atomic mass is 9.32. The van der Waals surface area contributed by atoms with Crippen LogP contribution < -0.4 is 0 Å². The second-order valence-corrected chi connectivity index (χ2v) is 16.7. The zero-order valence-corrected chi connectivity index (χ0v) is 28.1. The van der Waals surface area contributed by atoms with Gasteiger partial charge in [0.2, 0.25) is 0 Å². The molecular formula is C38H56O6. The van der Waals surface area contributed by atoms with Gasteiger partial charge in [-0.05, 0) is 123 Å². The lowest BCUT2D eigenvalue weighted by Gasteiger charge is -2.72. The number of carboxylic acids is 1. The Morgan fingerprint density at radius 3 is 2.27 bits per heavy atom. The number of carbonyl (C=O) groups excluding carboxylic acids is 2. The van der Waals surface area contributed by atoms with Crippen LogP contribution in [0.4, 0.5) is 0 Å². The van der Waals surface area contributed by atoms with E-state index in [-0.39, 0.29) is 65.1 Å². The number of carbonyl (C=O) groups is 3. The molecule has 0 bridgehead atoms. The predicted molar refractivity (Wildman–Crippen MR) is 170 cm³/mol. The first-order chi connectivity index (χ1) is 20.6. The molecule has 6 nitrogen and oxygen atoms in total. The molecule has 1 N–H and O–H groups in total. The minimum absolute atomic E-state index is 0.00886. The van der Waals surface area contributed by atoms with Crippen molar-refractivity contribution in [2.45, 2.75) is 131 Å². The Balaban J connectivity index is 1.41. The van der Waals surface area contributed by atoms with Crippen molar-refractivity contribution in [3.8, 4) is 12.3 Å². The molecule has 5 rings (SSSR count). The van der Waals surface area contributed by atoms with Crippen molar-refractivity contribution in [3.05, 3.63) is 12.2 Å². The van der Waals surface area contributed by atoms with E-state index in [0.717, 1.165) is 64.2 Å². The summed E-state index contributed by atoms with van der Waals surface area (Å²) < 4.78 is 11.8. The quantitative estimate of drug-likeness (QED) is 0.171. The monoisotopic (exact) mass is 608 g/mol. The van der Waals surface area contributed by atoms with Crippen LogP contribution in [0, 0.1) is 69.0 Å². The number of rotatable bonds is 8. The molecule has 0 heterocycles. The highest BCUT2D eigenvalue weighted by molar-refractivity contribution is 5.78. The van der Waals surface area contributed by atoms with E-state index < -0.39 is 11.4 Å². The fourth-order valence-corrected chi connectivity index (χ4v) is 12.5. The minimum atomic E-state index is -0.879. The van der Waals surface area contributed by atoms with Crippen LogP contribution in [0.3, 0.4) is 0 Å². The summed E-state index contributed by atoms with van der Waals surface area (Å²) in [6.45, 7) is 18.9. The molecule has 0 saturated heterocycles. The van der Waals surface area contributed by atoms with Gasteiger partial charge in [-0.1, -0.05) is 52.7 Å². The summed E-state index contributed by atoms with van der Waals surface area (Å²) in [6.07, 6.45) is 16.0. The maximum atomic E-state index is 13.8. The molecule has 6 heteroatoms. The molecule has 44 heavy (non-hydrogen) atoms. The summed E-state index contributed by atoms with van der Waals surface area (Å²) in [5.41, 5.74) is 0.984. The number of carboxylic acid groups (broad SMARTS) is 1. The molecule has 0 unspecified atom stereocenters. The van der Waals surface area contributed by atoms with Gasteiger partial charge in [-0.15, -0.1) is 6.42 Å². The Morgan fingerprint density at radius 2 is 1.61 bits per heavy atom. The Kier molecular flexibility index (Phi) is 8.65. The molecule has 0 aromatic rings. The number of terminal acetylenes is 1. The maximum Gasteiger partial charge on any atom is 0.313 e. The molecule has 244 valence electrons. The van der Waals surface area contributed by atoms with Crippen LogP contribution >= 0.6 is 0 Å². The van der Waals surface area contributed by atoms with E-state index in [1.807, 2.05) is 0 Å². The molecule has 0 amide bonds. The molecule has 10 atom stereocenters. The van der Waals surface area contributed by atoms with Crippen LogP contribution in [0.15, 0.2) is 12.2 Å². The Hall–Kier alpha value is -2.29. The fourth-order valence-electron chi connectivity index (χ4n) is 12.5. The Bertz CT molecular complexity index is 1230. The molecule has 5 aliphatic rings. The molecular weight excluding hydrogens is 552 g/mol. The Morgan fingerprint density at radius 1 is 0.886 bits per heavy atom. The Labute approximate surface area is 265 Å². The van der Waals surface area contributed by atoms with Gasteiger partial charge in [0.25, 0.3) is 0 Å². The van der Waals surface area contributed by atoms with Crippen molar-refractivity contribution >= 4 is 17.9 Å². The minimum Gasteiger partial charge on any atom is -0.481 e. The van der Waals surface area contributed by atoms with Gasteiger partial charge in [0.05, 0.1) is 5.41 Å². The van der Waals surface area contributed by atoms with Crippen molar-refractivity contribution in [2.24, 2.45) is 56.7 Å². The first-order valence-electron chi connectivity index (χ1n) is 17.3. The van der Waals surface area contributed by atoms with E-state index in [2.05, 4.69) is 54.0 Å². The normalized spacial score (nSPS) is 43.7. The number of esters is 2. The summed E-state index contributed by atoms with van der Waals surface area (Å²) in [7, 11) is 0. The zero-order valence-electron chi connectivity index (χ0n) is 28.1. The van der Waals surface area contributed by atoms with Crippen LogP contribution in [0.1, 0.15) is 125 Å². The average Bonchev–Trinajstić information content (AvgIpc) is 3.35. The van der Waals surface area contributed by atoms with Gasteiger partial charge < -0.3 is 14.6 Å². The summed E-state index contributed by atoms with van der Waals surface area (Å²) in [4.78, 5) is 37.4. The summed E-state index contributed by atoms with van der Waals surface area (Å²) in [6, 6.07) is 0. The van der Waals surface area contributed by atoms with E-state index in [1.54, 1.807) is 0 Å². The standard InChI is InChI=1S/C38H56O6/c1-9-23-43-33(42)38-20-15-25(24(2)3)32(38)26-13-14-28-35(6)18-17-29(44-31(41)12-10-11-30(39)40)34(4,5)27(35)16-19-37(28,8)36(26,7)21-22-38/h1,25-29,32H,2,10-23H2,3-8H3,(H,39,40)/t25-,26+,27-,28+,29-,32+,35-,36+,37+,38-/m0/s1. The van der Waals surface area contributed by atoms with Gasteiger partial charge in [-0.2, -0.15) is 0 Å². The van der Waals surface area contributed by atoms with Gasteiger partial charge in [-0.25, -0.2) is 0 Å². The van der Waals surface area contributed by atoms with Crippen LogP contribution in [-0.4, -0.2) is 35.7 Å². The van der Waals surface area contributed by atoms with Crippen LogP contribution in [0.25, 0.3) is 0 Å². The van der Waals surface area contributed by atoms with Crippen molar-refractivity contribution < 1.29 is 29.0 Å². The number of aliphatic carboxylic acids is 1. The van der Waals surface area contributed by atoms with Crippen molar-refractivity contribution in [1.29, 1.82) is 0 Å². The van der Waals surface area contributed by atoms with Crippen LogP contribution in [0.2, 0.25) is 0 Å². The van der Waals surface area contributed by atoms with Gasteiger partial charge in [0.15, 0.2) is 6.61 Å². The fraction of sp³-hybridized carbons (Fsp3) is 0.816. The SMILES string of the molecule is C#CCOC(=O)[C@]12CC[C@@H](C(=C)C)[C@@H]1[C@H]1CC[C@@H]3[C@@]4(C)CC[C@H](OC(=O)CCCC(=O)O)C(C)(C)[C@@H]4CC[C@@]3(C)[C@]1(C)CC2. The summed E-state index contributed by atoms with van der Waals surface area (Å²) in [5, 5.41) is 8.96. The number of hydrogen-bond donors (Lipinski definition) is 1. The average molecular weight is 609 g/mol. The molecule has 5 aliphatic carbocycles. The topological polar surface area (TPSA) is 89.9 Å². The molecule has 0 aromatic heterocycles. The summed E-state index contributed by atoms with van der Waals surface area (Å²) in [5.74, 6) is 3.32. The molecule has 0 aromatic carbocycles. The first kappa shape index (κ1) is 33.1. The smallest absolute Gasteiger partial charge is 0.313 e. The first-order valence-corrected chi connectivity index (χ1v) is 17.3. The highest BCUT2D eigenvalue weighted by Crippen LogP contribution is 2.77. The van der Waals surface area contributed by atoms with Gasteiger partial charge >= 0.3 is 17.9 Å². The second-order valence-electron chi connectivity index (χ2n) is 16.7. The zero-order chi connectivity index (χ0) is 32.3. The van der Waals surface area contributed by atoms with Gasteiger partial charge in [0, 0.05) is 18.3 Å². The number of hydrogen-bond acceptors (Lipinski definition) is 5. The van der Waals surface area contributed by atoms with Crippen LogP contribution in [-0.2, 0) is 23.9 Å². The third-order valence-corrected chi connectivity index (χ3v) is 14.7. The van der Waals surface area contributed by atoms with Crippen LogP contribution in [0.5, 0.6) is 0 Å². The highest BCUT2D eigenvalue weighted by atomic mass is 16.5. The molecule has 5 fully saturated rings. The van der Waals surface area contributed by atoms with Gasteiger partial charge in [-0.3, -0.25) is 14.4 Å². The molecule has 0 spiro atoms. The number of allylic oxidation sites excluding steroid dienone is 1. The summed E-state index contributed by atoms with van der Waals surface area (Å²) >= 11 is 0. The van der Waals surface area contributed by atoms with E-state index in [9.17, 15) is 14.4 Å². The van der Waals surface area contributed by atoms with Gasteiger partial charge in [0.1, 0.15) is 6.10 Å². The largest absolute Gasteiger partial charge is 0.481 e. The van der Waals surface area contributed by atoms with E-state index in [0.29, 0.717) is 30.1 Å². The van der Waals surface area contributed by atoms with E-state index >= 15 is 0 Å². The highest BCUT2D eigenvalue weighted by Gasteiger charge is 2.72. The van der Waals surface area contributed by atoms with E-state index in [4.69, 9.17) is 21.0 Å². The lowest BCUT2D eigenvalue weighted by molar-refractivity contribution is -0.250. The molecule has 0 aliphatic heterocycles. The molecule has 0 radical (unpaired) electrons. The van der Waals surface area contributed by atoms with Crippen molar-refractivity contribution in [2.75, 3.05) is 6.61 Å². The third kappa shape index (κ3) is 4.85.